The second kappa shape index (κ2) is 12.0. The molecule has 226 valence electrons. The molecular formula is C42H48N2. The second-order valence-electron chi connectivity index (χ2n) is 12.8. The summed E-state index contributed by atoms with van der Waals surface area (Å²) >= 11 is 0. The summed E-state index contributed by atoms with van der Waals surface area (Å²) in [5, 5.41) is 0. The van der Waals surface area contributed by atoms with Crippen LogP contribution in [0.25, 0.3) is 0 Å². The van der Waals surface area contributed by atoms with Gasteiger partial charge in [-0.2, -0.15) is 0 Å². The smallest absolute Gasteiger partial charge is 0.0525 e. The van der Waals surface area contributed by atoms with E-state index in [1.165, 1.54) is 89.5 Å². The Bertz CT molecular complexity index is 1640. The summed E-state index contributed by atoms with van der Waals surface area (Å²) in [5.41, 5.74) is 23.2. The van der Waals surface area contributed by atoms with Gasteiger partial charge in [0.15, 0.2) is 0 Å². The third-order valence-corrected chi connectivity index (χ3v) is 10.3. The summed E-state index contributed by atoms with van der Waals surface area (Å²) in [5.74, 6) is 0. The molecule has 0 aliphatic carbocycles. The van der Waals surface area contributed by atoms with Gasteiger partial charge in [-0.25, -0.2) is 0 Å². The molecule has 0 fully saturated rings. The van der Waals surface area contributed by atoms with Gasteiger partial charge in [0.2, 0.25) is 0 Å². The van der Waals surface area contributed by atoms with Crippen LogP contribution in [0.3, 0.4) is 0 Å². The van der Waals surface area contributed by atoms with Gasteiger partial charge in [-0.3, -0.25) is 0 Å². The molecule has 0 heterocycles. The number of rotatable bonds is 6. The third-order valence-electron chi connectivity index (χ3n) is 10.3. The Morgan fingerprint density at radius 1 is 0.250 bits per heavy atom. The van der Waals surface area contributed by atoms with Gasteiger partial charge in [0.05, 0.1) is 11.4 Å². The molecule has 0 atom stereocenters. The number of aryl methyl sites for hydroxylation is 2. The number of benzene rings is 5. The fourth-order valence-electron chi connectivity index (χ4n) is 6.58. The Balaban J connectivity index is 1.73. The van der Waals surface area contributed by atoms with Gasteiger partial charge in [0.25, 0.3) is 0 Å². The molecule has 2 nitrogen and oxygen atoms in total. The number of hydrogen-bond acceptors (Lipinski definition) is 2. The molecule has 0 bridgehead atoms. The highest BCUT2D eigenvalue weighted by Gasteiger charge is 2.24. The van der Waals surface area contributed by atoms with Gasteiger partial charge in [0.1, 0.15) is 0 Å². The molecule has 5 rings (SSSR count). The molecule has 0 aromatic heterocycles. The zero-order chi connectivity index (χ0) is 32.0. The molecule has 44 heavy (non-hydrogen) atoms. The van der Waals surface area contributed by atoms with Crippen molar-refractivity contribution in [2.24, 2.45) is 0 Å². The van der Waals surface area contributed by atoms with Gasteiger partial charge < -0.3 is 9.80 Å². The van der Waals surface area contributed by atoms with E-state index in [4.69, 9.17) is 0 Å². The highest BCUT2D eigenvalue weighted by Crippen LogP contribution is 2.45. The van der Waals surface area contributed by atoms with Crippen molar-refractivity contribution in [3.63, 3.8) is 0 Å². The molecule has 2 heteroatoms. The number of nitrogens with zero attached hydrogens (tertiary/aromatic N) is 2. The fraction of sp³-hybridized carbons (Fsp3) is 0.286. The molecule has 0 saturated carbocycles. The lowest BCUT2D eigenvalue weighted by Gasteiger charge is -2.33. The highest BCUT2D eigenvalue weighted by molar-refractivity contribution is 5.86. The second-order valence-corrected chi connectivity index (χ2v) is 12.8. The summed E-state index contributed by atoms with van der Waals surface area (Å²) < 4.78 is 0. The quantitative estimate of drug-likeness (QED) is 0.197. The van der Waals surface area contributed by atoms with Crippen LogP contribution in [0.1, 0.15) is 66.8 Å². The summed E-state index contributed by atoms with van der Waals surface area (Å²) in [7, 11) is 0. The minimum absolute atomic E-state index is 1.15. The average molecular weight is 581 g/mol. The van der Waals surface area contributed by atoms with E-state index < -0.39 is 0 Å². The fourth-order valence-corrected chi connectivity index (χ4v) is 6.58. The minimum atomic E-state index is 1.15. The molecule has 0 saturated heterocycles. The summed E-state index contributed by atoms with van der Waals surface area (Å²) in [6.07, 6.45) is 0. The zero-order valence-electron chi connectivity index (χ0n) is 28.8. The molecule has 0 amide bonds. The van der Waals surface area contributed by atoms with E-state index in [1.54, 1.807) is 0 Å². The summed E-state index contributed by atoms with van der Waals surface area (Å²) in [4.78, 5) is 4.89. The van der Waals surface area contributed by atoms with E-state index in [-0.39, 0.29) is 0 Å². The summed E-state index contributed by atoms with van der Waals surface area (Å²) in [6.45, 7) is 26.9. The van der Waals surface area contributed by atoms with Crippen molar-refractivity contribution in [1.29, 1.82) is 0 Å². The Morgan fingerprint density at radius 2 is 0.432 bits per heavy atom. The van der Waals surface area contributed by atoms with Crippen LogP contribution in [0.5, 0.6) is 0 Å². The van der Waals surface area contributed by atoms with Crippen molar-refractivity contribution in [2.75, 3.05) is 9.80 Å². The first-order valence-electron chi connectivity index (χ1n) is 15.8. The Morgan fingerprint density at radius 3 is 0.659 bits per heavy atom. The zero-order valence-corrected chi connectivity index (χ0v) is 28.8. The molecule has 0 unspecified atom stereocenters. The van der Waals surface area contributed by atoms with Gasteiger partial charge in [-0.05, 0) is 187 Å². The van der Waals surface area contributed by atoms with Crippen LogP contribution in [0.4, 0.5) is 34.1 Å². The monoisotopic (exact) mass is 580 g/mol. The van der Waals surface area contributed by atoms with E-state index in [2.05, 4.69) is 166 Å². The highest BCUT2D eigenvalue weighted by atomic mass is 15.2. The first-order valence-corrected chi connectivity index (χ1v) is 15.8. The lowest BCUT2D eigenvalue weighted by molar-refractivity contribution is 1.12. The maximum absolute atomic E-state index is 2.44. The van der Waals surface area contributed by atoms with Crippen molar-refractivity contribution >= 4 is 34.1 Å². The van der Waals surface area contributed by atoms with Crippen LogP contribution in [0.15, 0.2) is 72.8 Å². The Labute approximate surface area is 266 Å². The van der Waals surface area contributed by atoms with E-state index in [1.807, 2.05) is 0 Å². The molecule has 5 aromatic rings. The van der Waals surface area contributed by atoms with Crippen molar-refractivity contribution in [3.8, 4) is 0 Å². The lowest BCUT2D eigenvalue weighted by Crippen LogP contribution is -2.17. The van der Waals surface area contributed by atoms with E-state index >= 15 is 0 Å². The average Bonchev–Trinajstić information content (AvgIpc) is 3.02. The predicted octanol–water partition coefficient (Wildman–Crippen LogP) is 12.3. The third kappa shape index (κ3) is 5.32. The largest absolute Gasteiger partial charge is 0.310 e. The maximum Gasteiger partial charge on any atom is 0.0525 e. The van der Waals surface area contributed by atoms with Gasteiger partial charge in [-0.1, -0.05) is 35.4 Å². The SMILES string of the molecule is Cc1ccc(N(c2ccc(N(c3ccc(C)cc3)c3c(C)c(C)c(C)c(C)c3C)cc2)c2c(C)c(C)c(C)c(C)c2C)cc1. The first kappa shape index (κ1) is 31.1. The first-order chi connectivity index (χ1) is 20.8. The molecule has 0 aliphatic rings. The van der Waals surface area contributed by atoms with Crippen LogP contribution in [0, 0.1) is 83.1 Å². The van der Waals surface area contributed by atoms with Crippen LogP contribution >= 0.6 is 0 Å². The van der Waals surface area contributed by atoms with Gasteiger partial charge in [-0.15, -0.1) is 0 Å². The minimum Gasteiger partial charge on any atom is -0.310 e. The Hall–Kier alpha value is -4.30. The van der Waals surface area contributed by atoms with E-state index in [0.717, 1.165) is 11.4 Å². The number of anilines is 6. The normalized spacial score (nSPS) is 11.2. The van der Waals surface area contributed by atoms with Crippen molar-refractivity contribution in [2.45, 2.75) is 83.1 Å². The van der Waals surface area contributed by atoms with Crippen LogP contribution in [-0.2, 0) is 0 Å². The van der Waals surface area contributed by atoms with E-state index in [0.29, 0.717) is 0 Å². The molecule has 0 aliphatic heterocycles. The van der Waals surface area contributed by atoms with Crippen molar-refractivity contribution in [3.05, 3.63) is 140 Å². The van der Waals surface area contributed by atoms with E-state index in [9.17, 15) is 0 Å². The number of hydrogen-bond donors (Lipinski definition) is 0. The lowest BCUT2D eigenvalue weighted by atomic mass is 9.91. The van der Waals surface area contributed by atoms with Crippen molar-refractivity contribution in [1.82, 2.24) is 0 Å². The van der Waals surface area contributed by atoms with Crippen LogP contribution < -0.4 is 9.80 Å². The topological polar surface area (TPSA) is 6.48 Å². The molecule has 0 radical (unpaired) electrons. The van der Waals surface area contributed by atoms with Crippen molar-refractivity contribution < 1.29 is 0 Å². The van der Waals surface area contributed by atoms with Crippen LogP contribution in [-0.4, -0.2) is 0 Å². The molecule has 5 aromatic carbocycles. The molecular weight excluding hydrogens is 532 g/mol. The maximum atomic E-state index is 2.44. The van der Waals surface area contributed by atoms with Crippen LogP contribution in [0.2, 0.25) is 0 Å². The summed E-state index contributed by atoms with van der Waals surface area (Å²) in [6, 6.07) is 27.0. The molecule has 0 spiro atoms. The van der Waals surface area contributed by atoms with Gasteiger partial charge >= 0.3 is 0 Å². The van der Waals surface area contributed by atoms with Gasteiger partial charge in [0, 0.05) is 22.7 Å². The standard InChI is InChI=1S/C42H48N2/c1-25-13-17-37(18-14-25)43(41-33(9)29(5)27(3)30(6)34(41)10)39-21-23-40(24-22-39)44(38-19-15-26(2)16-20-38)42-35(11)31(7)28(4)32(8)36(42)12/h13-24H,1-12H3. The predicted molar refractivity (Wildman–Crippen MR) is 193 cm³/mol. The molecule has 0 N–H and O–H groups in total. The Kier molecular flexibility index (Phi) is 8.49.